The molecule has 1 N–H and O–H groups in total. The molecule has 2 amide bonds. The number of benzene rings is 2. The molecule has 31 heavy (non-hydrogen) atoms. The van der Waals surface area contributed by atoms with Gasteiger partial charge in [-0.3, -0.25) is 9.59 Å². The second-order valence-corrected chi connectivity index (χ2v) is 9.03. The van der Waals surface area contributed by atoms with Crippen LogP contribution in [0.4, 0.5) is 0 Å². The summed E-state index contributed by atoms with van der Waals surface area (Å²) in [7, 11) is 0. The first-order valence-corrected chi connectivity index (χ1v) is 12.4. The summed E-state index contributed by atoms with van der Waals surface area (Å²) in [5, 5.41) is 3.06. The maximum Gasteiger partial charge on any atom is 0.243 e. The molecule has 2 aromatic carbocycles. The largest absolute Gasteiger partial charge is 0.352 e. The number of hydrogen-bond donors (Lipinski definition) is 1. The van der Waals surface area contributed by atoms with Gasteiger partial charge in [-0.15, -0.1) is 11.8 Å². The van der Waals surface area contributed by atoms with E-state index in [0.29, 0.717) is 18.7 Å². The highest BCUT2D eigenvalue weighted by Crippen LogP contribution is 2.17. The van der Waals surface area contributed by atoms with Gasteiger partial charge in [0.25, 0.3) is 0 Å². The van der Waals surface area contributed by atoms with E-state index in [1.54, 1.807) is 16.7 Å². The van der Waals surface area contributed by atoms with Crippen molar-refractivity contribution in [2.24, 2.45) is 0 Å². The first-order valence-electron chi connectivity index (χ1n) is 11.2. The van der Waals surface area contributed by atoms with Crippen molar-refractivity contribution >= 4 is 23.6 Å². The Kier molecular flexibility index (Phi) is 10.6. The van der Waals surface area contributed by atoms with Crippen LogP contribution in [0, 0.1) is 6.92 Å². The number of rotatable bonds is 12. The molecule has 0 fully saturated rings. The maximum atomic E-state index is 13.2. The van der Waals surface area contributed by atoms with E-state index in [4.69, 9.17) is 0 Å². The van der Waals surface area contributed by atoms with E-state index in [-0.39, 0.29) is 17.9 Å². The average molecular weight is 441 g/mol. The third-order valence-corrected chi connectivity index (χ3v) is 6.44. The standard InChI is InChI=1S/C26H36N2O2S/c1-5-21(4)27-26(30)24(6-2)28(16-15-22-12-8-7-9-13-22)25(29)19-31-18-23-14-10-11-20(3)17-23/h7-14,17,21,24H,5-6,15-16,18-19H2,1-4H3,(H,27,30). The van der Waals surface area contributed by atoms with Crippen LogP contribution in [0.25, 0.3) is 0 Å². The molecule has 0 aromatic heterocycles. The predicted octanol–water partition coefficient (Wildman–Crippen LogP) is 4.99. The van der Waals surface area contributed by atoms with Crippen LogP contribution < -0.4 is 5.32 Å². The Morgan fingerprint density at radius 2 is 1.71 bits per heavy atom. The summed E-state index contributed by atoms with van der Waals surface area (Å²) in [4.78, 5) is 27.9. The molecule has 0 aliphatic heterocycles. The SMILES string of the molecule is CCC(C)NC(=O)C(CC)N(CCc1ccccc1)C(=O)CSCc1cccc(C)c1. The van der Waals surface area contributed by atoms with Crippen LogP contribution in [0.1, 0.15) is 50.3 Å². The summed E-state index contributed by atoms with van der Waals surface area (Å²) in [6, 6.07) is 18.2. The van der Waals surface area contributed by atoms with E-state index in [2.05, 4.69) is 42.6 Å². The number of thioether (sulfide) groups is 1. The van der Waals surface area contributed by atoms with E-state index in [1.165, 1.54) is 16.7 Å². The second kappa shape index (κ2) is 13.2. The molecule has 2 aromatic rings. The van der Waals surface area contributed by atoms with Crippen molar-refractivity contribution in [2.45, 2.75) is 64.8 Å². The normalized spacial score (nSPS) is 12.8. The van der Waals surface area contributed by atoms with Crippen LogP contribution in [0.2, 0.25) is 0 Å². The molecule has 2 rings (SSSR count). The summed E-state index contributed by atoms with van der Waals surface area (Å²) in [6.45, 7) is 8.64. The van der Waals surface area contributed by atoms with Crippen LogP contribution in [0.15, 0.2) is 54.6 Å². The van der Waals surface area contributed by atoms with Gasteiger partial charge >= 0.3 is 0 Å². The number of hydrogen-bond acceptors (Lipinski definition) is 3. The van der Waals surface area contributed by atoms with Crippen molar-refractivity contribution in [1.82, 2.24) is 10.2 Å². The molecule has 5 heteroatoms. The minimum absolute atomic E-state index is 0.0275. The highest BCUT2D eigenvalue weighted by atomic mass is 32.2. The zero-order valence-corrected chi connectivity index (χ0v) is 20.1. The van der Waals surface area contributed by atoms with Crippen LogP contribution in [0.5, 0.6) is 0 Å². The molecule has 0 saturated heterocycles. The minimum Gasteiger partial charge on any atom is -0.352 e. The van der Waals surface area contributed by atoms with Gasteiger partial charge in [0.05, 0.1) is 5.75 Å². The van der Waals surface area contributed by atoms with E-state index < -0.39 is 6.04 Å². The Bertz CT molecular complexity index is 825. The summed E-state index contributed by atoms with van der Waals surface area (Å²) < 4.78 is 0. The van der Waals surface area contributed by atoms with Gasteiger partial charge in [-0.2, -0.15) is 0 Å². The lowest BCUT2D eigenvalue weighted by molar-refractivity contribution is -0.139. The molecule has 0 aliphatic rings. The van der Waals surface area contributed by atoms with Gasteiger partial charge in [0.1, 0.15) is 6.04 Å². The number of aryl methyl sites for hydroxylation is 1. The lowest BCUT2D eigenvalue weighted by Gasteiger charge is -2.31. The Hall–Kier alpha value is -2.27. The van der Waals surface area contributed by atoms with Gasteiger partial charge in [0.15, 0.2) is 0 Å². The smallest absolute Gasteiger partial charge is 0.243 e. The number of carbonyl (C=O) groups excluding carboxylic acids is 2. The number of carbonyl (C=O) groups is 2. The van der Waals surface area contributed by atoms with Crippen molar-refractivity contribution in [3.05, 3.63) is 71.3 Å². The molecule has 0 heterocycles. The number of amides is 2. The third kappa shape index (κ3) is 8.41. The Morgan fingerprint density at radius 3 is 2.35 bits per heavy atom. The highest BCUT2D eigenvalue weighted by Gasteiger charge is 2.28. The summed E-state index contributed by atoms with van der Waals surface area (Å²) in [6.07, 6.45) is 2.21. The summed E-state index contributed by atoms with van der Waals surface area (Å²) >= 11 is 1.61. The van der Waals surface area contributed by atoms with Gasteiger partial charge in [-0.1, -0.05) is 74.0 Å². The fourth-order valence-corrected chi connectivity index (χ4v) is 4.34. The van der Waals surface area contributed by atoms with Gasteiger partial charge in [-0.25, -0.2) is 0 Å². The molecule has 0 saturated carbocycles. The lowest BCUT2D eigenvalue weighted by atomic mass is 10.1. The summed E-state index contributed by atoms with van der Waals surface area (Å²) in [5.41, 5.74) is 3.61. The predicted molar refractivity (Wildman–Crippen MR) is 131 cm³/mol. The Labute approximate surface area is 191 Å². The van der Waals surface area contributed by atoms with Crippen molar-refractivity contribution in [2.75, 3.05) is 12.3 Å². The van der Waals surface area contributed by atoms with Gasteiger partial charge < -0.3 is 10.2 Å². The number of nitrogens with one attached hydrogen (secondary N) is 1. The molecular weight excluding hydrogens is 404 g/mol. The van der Waals surface area contributed by atoms with E-state index in [1.807, 2.05) is 45.0 Å². The number of nitrogens with zero attached hydrogens (tertiary/aromatic N) is 1. The van der Waals surface area contributed by atoms with Crippen LogP contribution in [-0.4, -0.2) is 41.1 Å². The fourth-order valence-electron chi connectivity index (χ4n) is 3.48. The van der Waals surface area contributed by atoms with Crippen LogP contribution in [0.3, 0.4) is 0 Å². The van der Waals surface area contributed by atoms with Crippen molar-refractivity contribution in [3.63, 3.8) is 0 Å². The maximum absolute atomic E-state index is 13.2. The lowest BCUT2D eigenvalue weighted by Crippen LogP contribution is -2.52. The molecule has 0 radical (unpaired) electrons. The molecule has 0 bridgehead atoms. The van der Waals surface area contributed by atoms with Crippen molar-refractivity contribution in [1.29, 1.82) is 0 Å². The van der Waals surface area contributed by atoms with Crippen molar-refractivity contribution < 1.29 is 9.59 Å². The molecule has 2 unspecified atom stereocenters. The molecular formula is C26H36N2O2S. The van der Waals surface area contributed by atoms with E-state index in [0.717, 1.165) is 18.6 Å². The average Bonchev–Trinajstić information content (AvgIpc) is 2.77. The molecule has 2 atom stereocenters. The zero-order chi connectivity index (χ0) is 22.6. The third-order valence-electron chi connectivity index (χ3n) is 5.45. The van der Waals surface area contributed by atoms with Gasteiger partial charge in [0, 0.05) is 18.3 Å². The first-order chi connectivity index (χ1) is 14.9. The zero-order valence-electron chi connectivity index (χ0n) is 19.3. The van der Waals surface area contributed by atoms with Crippen LogP contribution >= 0.6 is 11.8 Å². The van der Waals surface area contributed by atoms with Crippen molar-refractivity contribution in [3.8, 4) is 0 Å². The Balaban J connectivity index is 2.06. The van der Waals surface area contributed by atoms with Crippen LogP contribution in [-0.2, 0) is 21.8 Å². The molecule has 4 nitrogen and oxygen atoms in total. The topological polar surface area (TPSA) is 49.4 Å². The van der Waals surface area contributed by atoms with E-state index >= 15 is 0 Å². The van der Waals surface area contributed by atoms with Gasteiger partial charge in [-0.05, 0) is 44.2 Å². The second-order valence-electron chi connectivity index (χ2n) is 8.05. The van der Waals surface area contributed by atoms with E-state index in [9.17, 15) is 9.59 Å². The molecule has 0 aliphatic carbocycles. The quantitative estimate of drug-likeness (QED) is 0.506. The highest BCUT2D eigenvalue weighted by molar-refractivity contribution is 7.99. The minimum atomic E-state index is -0.440. The molecule has 168 valence electrons. The summed E-state index contributed by atoms with van der Waals surface area (Å²) in [5.74, 6) is 1.13. The fraction of sp³-hybridized carbons (Fsp3) is 0.462. The van der Waals surface area contributed by atoms with Gasteiger partial charge in [0.2, 0.25) is 11.8 Å². The monoisotopic (exact) mass is 440 g/mol. The molecule has 0 spiro atoms. The Morgan fingerprint density at radius 1 is 1.00 bits per heavy atom. The first kappa shape index (κ1) is 25.0.